The summed E-state index contributed by atoms with van der Waals surface area (Å²) in [4.78, 5) is 27.6. The van der Waals surface area contributed by atoms with Crippen LogP contribution in [-0.2, 0) is 23.4 Å². The molecule has 0 radical (unpaired) electrons. The number of hydrogen-bond donors (Lipinski definition) is 1. The highest BCUT2D eigenvalue weighted by Crippen LogP contribution is 2.66. The van der Waals surface area contributed by atoms with Crippen molar-refractivity contribution in [2.75, 3.05) is 39.3 Å². The van der Waals surface area contributed by atoms with E-state index in [2.05, 4.69) is 24.6 Å². The molecule has 1 aliphatic heterocycles. The number of rotatable bonds is 10. The Kier molecular flexibility index (Phi) is 6.61. The van der Waals surface area contributed by atoms with Gasteiger partial charge in [0.2, 0.25) is 0 Å². The Balaban J connectivity index is 1.22. The van der Waals surface area contributed by atoms with Crippen LogP contribution in [0.25, 0.3) is 11.2 Å². The second-order valence-corrected chi connectivity index (χ2v) is 12.6. The zero-order valence-electron chi connectivity index (χ0n) is 22.4. The Morgan fingerprint density at radius 3 is 2.82 bits per heavy atom. The molecule has 1 N–H and O–H groups in total. The molecular weight excluding hydrogens is 523 g/mol. The van der Waals surface area contributed by atoms with E-state index in [1.165, 1.54) is 7.11 Å². The number of esters is 1. The van der Waals surface area contributed by atoms with Crippen LogP contribution in [0.5, 0.6) is 5.75 Å². The quantitative estimate of drug-likeness (QED) is 0.292. The maximum absolute atomic E-state index is 13.9. The number of methoxy groups -OCH3 is 1. The van der Waals surface area contributed by atoms with Gasteiger partial charge in [0.05, 0.1) is 38.8 Å². The number of ether oxygens (including phenoxy) is 2. The van der Waals surface area contributed by atoms with Gasteiger partial charge in [0.25, 0.3) is 0 Å². The number of nitrogens with zero attached hydrogens (tertiary/aromatic N) is 5. The number of carbonyl (C=O) groups excluding carboxylic acids is 1. The Morgan fingerprint density at radius 2 is 2.08 bits per heavy atom. The standard InChI is InChI=1S/C26H33N6O6P/c1-16(25(33)35-4)30-39(34,38-18-8-6-5-7-9-18)37-13-26-11-17-10-19(26)22(36-12-26)21(17)32-15-29-20-23(31(2)3)27-14-28-24(20)32/h5-9,14-17,19,21-22H,10-13H2,1-4H3,(H,30,34)/t16-,17?,19?,21?,22?,26?,39?/m0/s1. The third-order valence-electron chi connectivity index (χ3n) is 8.27. The molecule has 39 heavy (non-hydrogen) atoms. The topological polar surface area (TPSA) is 130 Å². The first-order chi connectivity index (χ1) is 18.7. The summed E-state index contributed by atoms with van der Waals surface area (Å²) in [6.45, 7) is 2.24. The molecule has 12 nitrogen and oxygen atoms in total. The van der Waals surface area contributed by atoms with Gasteiger partial charge < -0.3 is 23.5 Å². The Bertz CT molecular complexity index is 1420. The zero-order chi connectivity index (χ0) is 27.4. The summed E-state index contributed by atoms with van der Waals surface area (Å²) < 4.78 is 39.1. The van der Waals surface area contributed by atoms with Gasteiger partial charge in [-0.25, -0.2) is 19.5 Å². The molecule has 3 heterocycles. The van der Waals surface area contributed by atoms with Crippen LogP contribution in [0.2, 0.25) is 0 Å². The Morgan fingerprint density at radius 1 is 1.28 bits per heavy atom. The molecule has 0 amide bonds. The number of nitrogens with one attached hydrogen (secondary N) is 1. The monoisotopic (exact) mass is 556 g/mol. The largest absolute Gasteiger partial charge is 0.468 e. The summed E-state index contributed by atoms with van der Waals surface area (Å²) in [5, 5.41) is 2.75. The number of fused-ring (bicyclic) bond motifs is 2. The molecule has 13 heteroatoms. The number of para-hydroxylation sites is 1. The maximum Gasteiger partial charge on any atom is 0.459 e. The van der Waals surface area contributed by atoms with Crippen molar-refractivity contribution in [1.82, 2.24) is 24.6 Å². The lowest BCUT2D eigenvalue weighted by atomic mass is 9.74. The highest BCUT2D eigenvalue weighted by atomic mass is 31.2. The van der Waals surface area contributed by atoms with Crippen molar-refractivity contribution in [3.63, 3.8) is 0 Å². The summed E-state index contributed by atoms with van der Waals surface area (Å²) >= 11 is 0. The van der Waals surface area contributed by atoms with Crippen molar-refractivity contribution >= 4 is 30.7 Å². The van der Waals surface area contributed by atoms with Crippen molar-refractivity contribution in [3.8, 4) is 5.75 Å². The number of carbonyl (C=O) groups is 1. The van der Waals surface area contributed by atoms with E-state index in [0.717, 1.165) is 29.8 Å². The Hall–Kier alpha value is -3.05. The van der Waals surface area contributed by atoms with E-state index in [-0.39, 0.29) is 30.1 Å². The molecule has 0 spiro atoms. The fourth-order valence-electron chi connectivity index (χ4n) is 6.59. The van der Waals surface area contributed by atoms with Gasteiger partial charge in [-0.15, -0.1) is 0 Å². The van der Waals surface area contributed by atoms with Crippen LogP contribution in [0, 0.1) is 17.3 Å². The van der Waals surface area contributed by atoms with Gasteiger partial charge in [-0.1, -0.05) is 18.2 Å². The molecule has 6 rings (SSSR count). The summed E-state index contributed by atoms with van der Waals surface area (Å²) in [6.07, 6.45) is 5.21. The molecule has 2 saturated carbocycles. The maximum atomic E-state index is 13.9. The lowest BCUT2D eigenvalue weighted by Gasteiger charge is -2.36. The van der Waals surface area contributed by atoms with Crippen LogP contribution >= 0.6 is 7.75 Å². The second-order valence-electron chi connectivity index (χ2n) is 10.9. The fourth-order valence-corrected chi connectivity index (χ4v) is 8.18. The number of anilines is 1. The van der Waals surface area contributed by atoms with Crippen LogP contribution in [0.1, 0.15) is 25.8 Å². The second kappa shape index (κ2) is 9.85. The highest BCUT2D eigenvalue weighted by molar-refractivity contribution is 7.52. The average molecular weight is 557 g/mol. The van der Waals surface area contributed by atoms with Gasteiger partial charge in [-0.05, 0) is 43.7 Å². The predicted octanol–water partition coefficient (Wildman–Crippen LogP) is 3.21. The fraction of sp³-hybridized carbons (Fsp3) is 0.538. The molecule has 2 aliphatic carbocycles. The van der Waals surface area contributed by atoms with Crippen molar-refractivity contribution in [2.45, 2.75) is 38.0 Å². The minimum Gasteiger partial charge on any atom is -0.468 e. The molecule has 7 atom stereocenters. The first-order valence-electron chi connectivity index (χ1n) is 13.0. The normalized spacial score (nSPS) is 29.3. The van der Waals surface area contributed by atoms with Crippen LogP contribution < -0.4 is 14.5 Å². The molecular formula is C26H33N6O6P. The average Bonchev–Trinajstić information content (AvgIpc) is 3.65. The van der Waals surface area contributed by atoms with E-state index in [4.69, 9.17) is 18.5 Å². The zero-order valence-corrected chi connectivity index (χ0v) is 23.3. The third kappa shape index (κ3) is 4.49. The van der Waals surface area contributed by atoms with Crippen molar-refractivity contribution in [3.05, 3.63) is 43.0 Å². The van der Waals surface area contributed by atoms with E-state index < -0.39 is 19.8 Å². The van der Waals surface area contributed by atoms with Gasteiger partial charge in [0.15, 0.2) is 17.0 Å². The molecule has 6 unspecified atom stereocenters. The number of aromatic nitrogens is 4. The minimum absolute atomic E-state index is 0.0288. The van der Waals surface area contributed by atoms with Crippen molar-refractivity contribution in [2.24, 2.45) is 17.3 Å². The van der Waals surface area contributed by atoms with Gasteiger partial charge >= 0.3 is 13.7 Å². The Labute approximate surface area is 226 Å². The smallest absolute Gasteiger partial charge is 0.459 e. The van der Waals surface area contributed by atoms with E-state index in [1.54, 1.807) is 37.5 Å². The third-order valence-corrected chi connectivity index (χ3v) is 9.90. The van der Waals surface area contributed by atoms with Crippen molar-refractivity contribution in [1.29, 1.82) is 0 Å². The molecule has 1 aromatic carbocycles. The number of imidazole rings is 1. The molecule has 3 fully saturated rings. The summed E-state index contributed by atoms with van der Waals surface area (Å²) in [6, 6.07) is 7.99. The molecule has 2 aromatic heterocycles. The molecule has 1 saturated heterocycles. The lowest BCUT2D eigenvalue weighted by molar-refractivity contribution is -0.142. The summed E-state index contributed by atoms with van der Waals surface area (Å²) in [5.41, 5.74) is 1.27. The molecule has 3 aromatic rings. The SMILES string of the molecule is COC(=O)[C@H](C)NP(=O)(OCC12COC3C(n4cnc5c(N(C)C)ncnc54)C(CC31)C2)Oc1ccccc1. The van der Waals surface area contributed by atoms with Gasteiger partial charge in [-0.3, -0.25) is 9.32 Å². The molecule has 2 bridgehead atoms. The first kappa shape index (κ1) is 26.2. The summed E-state index contributed by atoms with van der Waals surface area (Å²) in [7, 11) is 1.23. The van der Waals surface area contributed by atoms with Crippen LogP contribution in [-0.4, -0.2) is 72.1 Å². The predicted molar refractivity (Wildman–Crippen MR) is 142 cm³/mol. The van der Waals surface area contributed by atoms with E-state index in [0.29, 0.717) is 18.3 Å². The van der Waals surface area contributed by atoms with E-state index >= 15 is 0 Å². The highest BCUT2D eigenvalue weighted by Gasteiger charge is 2.66. The van der Waals surface area contributed by atoms with Crippen LogP contribution in [0.4, 0.5) is 5.82 Å². The molecule has 208 valence electrons. The number of hydrogen-bond acceptors (Lipinski definition) is 10. The van der Waals surface area contributed by atoms with Crippen LogP contribution in [0.3, 0.4) is 0 Å². The summed E-state index contributed by atoms with van der Waals surface area (Å²) in [5.74, 6) is 1.15. The number of benzene rings is 1. The minimum atomic E-state index is -3.93. The van der Waals surface area contributed by atoms with Crippen LogP contribution in [0.15, 0.2) is 43.0 Å². The van der Waals surface area contributed by atoms with Crippen molar-refractivity contribution < 1.29 is 27.9 Å². The van der Waals surface area contributed by atoms with Gasteiger partial charge in [0, 0.05) is 19.5 Å². The molecule has 3 aliphatic rings. The van der Waals surface area contributed by atoms with E-state index in [9.17, 15) is 9.36 Å². The van der Waals surface area contributed by atoms with Gasteiger partial charge in [-0.2, -0.15) is 5.09 Å². The first-order valence-corrected chi connectivity index (χ1v) is 14.6. The van der Waals surface area contributed by atoms with E-state index in [1.807, 2.05) is 31.4 Å². The van der Waals surface area contributed by atoms with Gasteiger partial charge in [0.1, 0.15) is 18.1 Å². The lowest BCUT2D eigenvalue weighted by Crippen LogP contribution is -2.40.